The first-order chi connectivity index (χ1) is 6.45. The van der Waals surface area contributed by atoms with Gasteiger partial charge in [-0.15, -0.1) is 0 Å². The number of nitro benzene ring substituents is 1. The molecule has 0 amide bonds. The van der Waals surface area contributed by atoms with Gasteiger partial charge in [-0.3, -0.25) is 14.3 Å². The topological polar surface area (TPSA) is 86.2 Å². The maximum Gasteiger partial charge on any atom is 0.309 e. The summed E-state index contributed by atoms with van der Waals surface area (Å²) in [5.74, 6) is 0. The summed E-state index contributed by atoms with van der Waals surface area (Å²) in [4.78, 5) is 10.0. The van der Waals surface area contributed by atoms with Gasteiger partial charge in [0.25, 0.3) is 0 Å². The van der Waals surface area contributed by atoms with Crippen LogP contribution in [0.25, 0.3) is 0 Å². The van der Waals surface area contributed by atoms with E-state index in [1.165, 1.54) is 18.4 Å². The normalized spacial score (nSPS) is 12.4. The van der Waals surface area contributed by atoms with Crippen molar-refractivity contribution in [2.45, 2.75) is 4.90 Å². The Morgan fingerprint density at radius 2 is 2.14 bits per heavy atom. The molecule has 5 nitrogen and oxygen atoms in total. The van der Waals surface area contributed by atoms with E-state index < -0.39 is 15.7 Å². The quantitative estimate of drug-likeness (QED) is 0.478. The summed E-state index contributed by atoms with van der Waals surface area (Å²) >= 11 is 5.61. The Kier molecular flexibility index (Phi) is 3.07. The molecule has 0 saturated heterocycles. The van der Waals surface area contributed by atoms with Crippen LogP contribution in [0.4, 0.5) is 11.4 Å². The molecule has 1 atom stereocenters. The summed E-state index contributed by atoms with van der Waals surface area (Å²) in [6.07, 6.45) is 1.34. The number of rotatable bonds is 2. The van der Waals surface area contributed by atoms with Gasteiger partial charge in [0, 0.05) is 6.26 Å². The van der Waals surface area contributed by atoms with E-state index in [-0.39, 0.29) is 21.3 Å². The lowest BCUT2D eigenvalue weighted by Crippen LogP contribution is -2.02. The van der Waals surface area contributed by atoms with Crippen LogP contribution in [0.15, 0.2) is 17.0 Å². The van der Waals surface area contributed by atoms with E-state index in [1.54, 1.807) is 0 Å². The zero-order chi connectivity index (χ0) is 10.9. The molecule has 76 valence electrons. The van der Waals surface area contributed by atoms with Gasteiger partial charge in [-0.25, -0.2) is 0 Å². The van der Waals surface area contributed by atoms with Crippen LogP contribution in [0.2, 0.25) is 5.02 Å². The van der Waals surface area contributed by atoms with Crippen molar-refractivity contribution in [3.8, 4) is 0 Å². The molecule has 0 spiro atoms. The largest absolute Gasteiger partial charge is 0.392 e. The molecule has 7 heteroatoms. The summed E-state index contributed by atoms with van der Waals surface area (Å²) in [5.41, 5.74) is 4.89. The molecule has 14 heavy (non-hydrogen) atoms. The molecular formula is C7H7ClN2O3S. The van der Waals surface area contributed by atoms with Crippen LogP contribution in [0.5, 0.6) is 0 Å². The summed E-state index contributed by atoms with van der Waals surface area (Å²) in [5, 5.41) is 10.7. The monoisotopic (exact) mass is 234 g/mol. The van der Waals surface area contributed by atoms with E-state index in [0.717, 1.165) is 0 Å². The predicted molar refractivity (Wildman–Crippen MR) is 54.9 cm³/mol. The van der Waals surface area contributed by atoms with Crippen molar-refractivity contribution >= 4 is 33.8 Å². The summed E-state index contributed by atoms with van der Waals surface area (Å²) in [7, 11) is -1.46. The summed E-state index contributed by atoms with van der Waals surface area (Å²) in [6.45, 7) is 0. The van der Waals surface area contributed by atoms with E-state index >= 15 is 0 Å². The Hall–Kier alpha value is -1.14. The van der Waals surface area contributed by atoms with Gasteiger partial charge < -0.3 is 5.73 Å². The zero-order valence-corrected chi connectivity index (χ0v) is 8.76. The molecule has 1 rings (SSSR count). The minimum absolute atomic E-state index is 0.0805. The van der Waals surface area contributed by atoms with Crippen LogP contribution in [0.3, 0.4) is 0 Å². The number of anilines is 1. The van der Waals surface area contributed by atoms with Gasteiger partial charge >= 0.3 is 5.69 Å². The van der Waals surface area contributed by atoms with Gasteiger partial charge in [0.05, 0.1) is 20.7 Å². The standard InChI is InChI=1S/C7H7ClN2O3S/c1-14(13)5-3-2-4(8)6(9)7(5)10(11)12/h2-3H,9H2,1H3. The van der Waals surface area contributed by atoms with Crippen molar-refractivity contribution in [2.75, 3.05) is 12.0 Å². The number of nitrogen functional groups attached to an aromatic ring is 1. The molecule has 0 saturated carbocycles. The first-order valence-corrected chi connectivity index (χ1v) is 5.44. The smallest absolute Gasteiger partial charge is 0.309 e. The van der Waals surface area contributed by atoms with Crippen molar-refractivity contribution in [3.63, 3.8) is 0 Å². The Balaban J connectivity index is 3.53. The van der Waals surface area contributed by atoms with Gasteiger partial charge in [0.1, 0.15) is 10.6 Å². The number of hydrogen-bond donors (Lipinski definition) is 1. The first-order valence-electron chi connectivity index (χ1n) is 3.51. The van der Waals surface area contributed by atoms with Crippen LogP contribution >= 0.6 is 11.6 Å². The number of benzene rings is 1. The van der Waals surface area contributed by atoms with Gasteiger partial charge in [-0.05, 0) is 12.1 Å². The number of nitrogens with two attached hydrogens (primary N) is 1. The highest BCUT2D eigenvalue weighted by Gasteiger charge is 2.22. The minimum atomic E-state index is -1.46. The third kappa shape index (κ3) is 1.85. The Bertz CT molecular complexity index is 422. The summed E-state index contributed by atoms with van der Waals surface area (Å²) < 4.78 is 11.1. The molecule has 1 aromatic rings. The second kappa shape index (κ2) is 3.93. The molecule has 0 aromatic heterocycles. The number of nitro groups is 1. The molecule has 0 aliphatic carbocycles. The van der Waals surface area contributed by atoms with Crippen molar-refractivity contribution in [1.82, 2.24) is 0 Å². The summed E-state index contributed by atoms with van der Waals surface area (Å²) in [6, 6.07) is 2.73. The molecule has 0 bridgehead atoms. The molecule has 1 aromatic carbocycles. The number of hydrogen-bond acceptors (Lipinski definition) is 4. The van der Waals surface area contributed by atoms with E-state index in [4.69, 9.17) is 17.3 Å². The van der Waals surface area contributed by atoms with Crippen molar-refractivity contribution in [3.05, 3.63) is 27.3 Å². The molecule has 2 N–H and O–H groups in total. The average molecular weight is 235 g/mol. The molecule has 0 radical (unpaired) electrons. The fourth-order valence-electron chi connectivity index (χ4n) is 0.984. The molecule has 0 aliphatic heterocycles. The van der Waals surface area contributed by atoms with E-state index in [1.807, 2.05) is 0 Å². The molecule has 0 aliphatic rings. The predicted octanol–water partition coefficient (Wildman–Crippen LogP) is 1.57. The van der Waals surface area contributed by atoms with Crippen LogP contribution in [0.1, 0.15) is 0 Å². The van der Waals surface area contributed by atoms with Crippen molar-refractivity contribution in [1.29, 1.82) is 0 Å². The van der Waals surface area contributed by atoms with Gasteiger partial charge in [-0.1, -0.05) is 11.6 Å². The Morgan fingerprint density at radius 1 is 1.57 bits per heavy atom. The second-order valence-corrected chi connectivity index (χ2v) is 4.27. The lowest BCUT2D eigenvalue weighted by atomic mass is 10.3. The van der Waals surface area contributed by atoms with Gasteiger partial charge in [0.2, 0.25) is 0 Å². The van der Waals surface area contributed by atoms with Gasteiger partial charge in [-0.2, -0.15) is 0 Å². The Labute approximate surface area is 87.5 Å². The SMILES string of the molecule is CS(=O)c1ccc(Cl)c(N)c1[N+](=O)[O-]. The van der Waals surface area contributed by atoms with Crippen LogP contribution in [-0.4, -0.2) is 15.4 Å². The third-order valence-electron chi connectivity index (χ3n) is 1.62. The average Bonchev–Trinajstić information content (AvgIpc) is 2.08. The molecular weight excluding hydrogens is 228 g/mol. The van der Waals surface area contributed by atoms with Crippen LogP contribution in [0, 0.1) is 10.1 Å². The van der Waals surface area contributed by atoms with Crippen LogP contribution < -0.4 is 5.73 Å². The maximum atomic E-state index is 11.1. The fourth-order valence-corrected chi connectivity index (χ4v) is 1.85. The minimum Gasteiger partial charge on any atom is -0.392 e. The van der Waals surface area contributed by atoms with E-state index in [9.17, 15) is 14.3 Å². The van der Waals surface area contributed by atoms with Crippen LogP contribution in [-0.2, 0) is 10.8 Å². The van der Waals surface area contributed by atoms with Crippen molar-refractivity contribution < 1.29 is 9.13 Å². The van der Waals surface area contributed by atoms with E-state index in [2.05, 4.69) is 0 Å². The Morgan fingerprint density at radius 3 is 2.57 bits per heavy atom. The zero-order valence-electron chi connectivity index (χ0n) is 7.19. The highest BCUT2D eigenvalue weighted by atomic mass is 35.5. The fraction of sp³-hybridized carbons (Fsp3) is 0.143. The molecule has 0 heterocycles. The lowest BCUT2D eigenvalue weighted by Gasteiger charge is -2.03. The molecule has 1 unspecified atom stereocenters. The lowest BCUT2D eigenvalue weighted by molar-refractivity contribution is -0.386. The maximum absolute atomic E-state index is 11.1. The second-order valence-electron chi connectivity index (χ2n) is 2.52. The van der Waals surface area contributed by atoms with Gasteiger partial charge in [0.15, 0.2) is 0 Å². The van der Waals surface area contributed by atoms with Crippen molar-refractivity contribution in [2.24, 2.45) is 0 Å². The highest BCUT2D eigenvalue weighted by Crippen LogP contribution is 2.34. The third-order valence-corrected chi connectivity index (χ3v) is 2.90. The highest BCUT2D eigenvalue weighted by molar-refractivity contribution is 7.84. The molecule has 0 fully saturated rings. The first kappa shape index (κ1) is 10.9. The van der Waals surface area contributed by atoms with E-state index in [0.29, 0.717) is 0 Å². The number of halogens is 1. The number of nitrogens with zero attached hydrogens (tertiary/aromatic N) is 1.